The highest BCUT2D eigenvalue weighted by Crippen LogP contribution is 2.30. The minimum absolute atomic E-state index is 0.0921. The quantitative estimate of drug-likeness (QED) is 0.764. The van der Waals surface area contributed by atoms with Crippen LogP contribution in [0.1, 0.15) is 62.2 Å². The molecule has 0 unspecified atom stereocenters. The summed E-state index contributed by atoms with van der Waals surface area (Å²) in [5, 5.41) is 0. The minimum atomic E-state index is -0.780. The molecule has 28 heavy (non-hydrogen) atoms. The Morgan fingerprint density at radius 1 is 1.21 bits per heavy atom. The summed E-state index contributed by atoms with van der Waals surface area (Å²) in [6, 6.07) is 8.83. The van der Waals surface area contributed by atoms with E-state index in [2.05, 4.69) is 45.0 Å². The largest absolute Gasteiger partial charge is 0.519 e. The van der Waals surface area contributed by atoms with Crippen molar-refractivity contribution >= 4 is 6.09 Å². The van der Waals surface area contributed by atoms with E-state index in [1.807, 2.05) is 0 Å². The molecule has 6 nitrogen and oxygen atoms in total. The van der Waals surface area contributed by atoms with E-state index in [0.29, 0.717) is 24.8 Å². The van der Waals surface area contributed by atoms with Crippen molar-refractivity contribution in [1.82, 2.24) is 4.90 Å². The first-order chi connectivity index (χ1) is 13.2. The molecular weight excluding hydrogens is 358 g/mol. The topological polar surface area (TPSA) is 72.9 Å². The van der Waals surface area contributed by atoms with Crippen molar-refractivity contribution in [2.75, 3.05) is 13.1 Å². The van der Waals surface area contributed by atoms with E-state index in [4.69, 9.17) is 13.6 Å². The van der Waals surface area contributed by atoms with E-state index in [0.717, 1.165) is 19.3 Å². The molecule has 0 saturated carbocycles. The van der Waals surface area contributed by atoms with Gasteiger partial charge in [-0.1, -0.05) is 45.0 Å². The second-order valence-electron chi connectivity index (χ2n) is 8.73. The zero-order valence-electron chi connectivity index (χ0n) is 17.1. The number of benzene rings is 1. The van der Waals surface area contributed by atoms with Crippen LogP contribution in [0, 0.1) is 12.3 Å². The molecule has 1 fully saturated rings. The number of amides is 1. The van der Waals surface area contributed by atoms with Crippen LogP contribution >= 0.6 is 0 Å². The number of hydrogen-bond acceptors (Lipinski definition) is 5. The van der Waals surface area contributed by atoms with E-state index in [-0.39, 0.29) is 23.9 Å². The summed E-state index contributed by atoms with van der Waals surface area (Å²) < 4.78 is 14.9. The number of rotatable bonds is 4. The molecule has 1 amide bonds. The van der Waals surface area contributed by atoms with Crippen LogP contribution in [-0.4, -0.2) is 24.1 Å². The second kappa shape index (κ2) is 8.25. The lowest BCUT2D eigenvalue weighted by atomic mass is 9.84. The van der Waals surface area contributed by atoms with E-state index in [1.165, 1.54) is 11.1 Å². The Morgan fingerprint density at radius 2 is 1.93 bits per heavy atom. The van der Waals surface area contributed by atoms with E-state index < -0.39 is 5.82 Å². The number of carbonyl (C=O) groups excluding carboxylic acids is 1. The predicted octanol–water partition coefficient (Wildman–Crippen LogP) is 4.65. The molecule has 6 heteroatoms. The van der Waals surface area contributed by atoms with Gasteiger partial charge in [0.05, 0.1) is 0 Å². The smallest absolute Gasteiger partial charge is 0.441 e. The first-order valence-electron chi connectivity index (χ1n) is 9.81. The lowest BCUT2D eigenvalue weighted by molar-refractivity contribution is 0.0808. The van der Waals surface area contributed by atoms with Crippen molar-refractivity contribution in [3.05, 3.63) is 57.5 Å². The Hall–Kier alpha value is -2.50. The SMILES string of the molecule is Cc1oc(=O)oc1COC(=O)N1CCC(c2cccc(CC(C)(C)C)c2)CC1. The van der Waals surface area contributed by atoms with Gasteiger partial charge in [0.15, 0.2) is 18.1 Å². The maximum absolute atomic E-state index is 12.3. The normalized spacial score (nSPS) is 15.6. The molecule has 0 radical (unpaired) electrons. The first-order valence-corrected chi connectivity index (χ1v) is 9.81. The van der Waals surface area contributed by atoms with Gasteiger partial charge in [-0.25, -0.2) is 9.59 Å². The van der Waals surface area contributed by atoms with Crippen LogP contribution in [-0.2, 0) is 17.8 Å². The van der Waals surface area contributed by atoms with Crippen LogP contribution in [0.2, 0.25) is 0 Å². The summed E-state index contributed by atoms with van der Waals surface area (Å²) in [5.41, 5.74) is 2.98. The van der Waals surface area contributed by atoms with Gasteiger partial charge in [0.2, 0.25) is 0 Å². The number of aryl methyl sites for hydroxylation is 1. The fourth-order valence-electron chi connectivity index (χ4n) is 3.69. The van der Waals surface area contributed by atoms with Crippen molar-refractivity contribution in [3.63, 3.8) is 0 Å². The molecule has 0 bridgehead atoms. The molecule has 0 spiro atoms. The van der Waals surface area contributed by atoms with Crippen molar-refractivity contribution < 1.29 is 18.4 Å². The van der Waals surface area contributed by atoms with E-state index in [9.17, 15) is 9.59 Å². The number of nitrogens with zero attached hydrogens (tertiary/aromatic N) is 1. The van der Waals surface area contributed by atoms with Crippen LogP contribution in [0.3, 0.4) is 0 Å². The molecule has 152 valence electrons. The lowest BCUT2D eigenvalue weighted by Crippen LogP contribution is -2.38. The summed E-state index contributed by atoms with van der Waals surface area (Å²) >= 11 is 0. The highest BCUT2D eigenvalue weighted by molar-refractivity contribution is 5.67. The molecule has 0 aliphatic carbocycles. The van der Waals surface area contributed by atoms with Gasteiger partial charge in [-0.15, -0.1) is 0 Å². The fourth-order valence-corrected chi connectivity index (χ4v) is 3.69. The van der Waals surface area contributed by atoms with Gasteiger partial charge < -0.3 is 18.5 Å². The Morgan fingerprint density at radius 3 is 2.54 bits per heavy atom. The highest BCUT2D eigenvalue weighted by Gasteiger charge is 2.25. The standard InChI is InChI=1S/C22H29NO5/c1-15-19(28-21(25)27-15)14-26-20(24)23-10-8-17(9-11-23)18-7-5-6-16(12-18)13-22(2,3)4/h5-7,12,17H,8-11,13-14H2,1-4H3. The Balaban J connectivity index is 1.52. The van der Waals surface area contributed by atoms with Crippen molar-refractivity contribution in [2.24, 2.45) is 5.41 Å². The van der Waals surface area contributed by atoms with Gasteiger partial charge in [0.1, 0.15) is 0 Å². The Bertz CT molecular complexity index is 866. The molecule has 1 aromatic heterocycles. The van der Waals surface area contributed by atoms with Crippen LogP contribution in [0.25, 0.3) is 0 Å². The van der Waals surface area contributed by atoms with Crippen LogP contribution < -0.4 is 5.82 Å². The molecule has 1 aliphatic heterocycles. The second-order valence-corrected chi connectivity index (χ2v) is 8.73. The van der Waals surface area contributed by atoms with Crippen LogP contribution in [0.4, 0.5) is 4.79 Å². The van der Waals surface area contributed by atoms with Crippen molar-refractivity contribution in [2.45, 2.75) is 59.5 Å². The maximum atomic E-state index is 12.3. The van der Waals surface area contributed by atoms with E-state index >= 15 is 0 Å². The number of ether oxygens (including phenoxy) is 1. The average Bonchev–Trinajstić information content (AvgIpc) is 2.96. The lowest BCUT2D eigenvalue weighted by Gasteiger charge is -2.31. The predicted molar refractivity (Wildman–Crippen MR) is 105 cm³/mol. The third-order valence-electron chi connectivity index (χ3n) is 5.07. The summed E-state index contributed by atoms with van der Waals surface area (Å²) in [6.07, 6.45) is 2.49. The fraction of sp³-hybridized carbons (Fsp3) is 0.545. The number of likely N-dealkylation sites (tertiary alicyclic amines) is 1. The Kier molecular flexibility index (Phi) is 5.96. The third kappa shape index (κ3) is 5.27. The van der Waals surface area contributed by atoms with Crippen LogP contribution in [0.5, 0.6) is 0 Å². The molecule has 1 aliphatic rings. The number of carbonyl (C=O) groups is 1. The summed E-state index contributed by atoms with van der Waals surface area (Å²) in [5.74, 6) is 0.270. The van der Waals surface area contributed by atoms with Crippen LogP contribution in [0.15, 0.2) is 37.9 Å². The molecule has 0 N–H and O–H groups in total. The van der Waals surface area contributed by atoms with Crippen molar-refractivity contribution in [3.8, 4) is 0 Å². The van der Waals surface area contributed by atoms with E-state index in [1.54, 1.807) is 11.8 Å². The number of hydrogen-bond donors (Lipinski definition) is 0. The average molecular weight is 387 g/mol. The van der Waals surface area contributed by atoms with Gasteiger partial charge >= 0.3 is 11.9 Å². The molecule has 3 rings (SSSR count). The van der Waals surface area contributed by atoms with Gasteiger partial charge in [0, 0.05) is 13.1 Å². The highest BCUT2D eigenvalue weighted by atomic mass is 16.6. The zero-order chi connectivity index (χ0) is 20.3. The van der Waals surface area contributed by atoms with Gasteiger partial charge in [0.25, 0.3) is 0 Å². The third-order valence-corrected chi connectivity index (χ3v) is 5.07. The zero-order valence-corrected chi connectivity index (χ0v) is 17.1. The number of piperidine rings is 1. The molecule has 0 atom stereocenters. The molecule has 2 heterocycles. The first kappa shape index (κ1) is 20.2. The van der Waals surface area contributed by atoms with Gasteiger partial charge in [-0.3, -0.25) is 0 Å². The van der Waals surface area contributed by atoms with Gasteiger partial charge in [-0.2, -0.15) is 0 Å². The molecule has 2 aromatic rings. The monoisotopic (exact) mass is 387 g/mol. The molecule has 1 saturated heterocycles. The molecular formula is C22H29NO5. The summed E-state index contributed by atoms with van der Waals surface area (Å²) in [4.78, 5) is 25.1. The minimum Gasteiger partial charge on any atom is -0.441 e. The summed E-state index contributed by atoms with van der Waals surface area (Å²) in [6.45, 7) is 9.57. The van der Waals surface area contributed by atoms with Gasteiger partial charge in [-0.05, 0) is 48.6 Å². The maximum Gasteiger partial charge on any atom is 0.519 e. The Labute approximate surface area is 165 Å². The molecule has 1 aromatic carbocycles. The summed E-state index contributed by atoms with van der Waals surface area (Å²) in [7, 11) is 0. The van der Waals surface area contributed by atoms with Crippen molar-refractivity contribution in [1.29, 1.82) is 0 Å².